The number of rotatable bonds is 13. The summed E-state index contributed by atoms with van der Waals surface area (Å²) < 4.78 is 10.9. The molecule has 0 aliphatic heterocycles. The van der Waals surface area contributed by atoms with E-state index in [4.69, 9.17) is 9.26 Å². The Morgan fingerprint density at radius 3 is 2.47 bits per heavy atom. The molecule has 5 heteroatoms. The summed E-state index contributed by atoms with van der Waals surface area (Å²) in [6, 6.07) is 16.4. The quantitative estimate of drug-likeness (QED) is 0.355. The van der Waals surface area contributed by atoms with Gasteiger partial charge in [0.1, 0.15) is 5.75 Å². The number of nitrogens with zero attached hydrogens (tertiary/aromatic N) is 2. The molecule has 3 rings (SSSR count). The van der Waals surface area contributed by atoms with Gasteiger partial charge in [-0.25, -0.2) is 0 Å². The van der Waals surface area contributed by atoms with E-state index >= 15 is 0 Å². The molecule has 0 unspecified atom stereocenters. The average Bonchev–Trinajstić information content (AvgIpc) is 3.26. The van der Waals surface area contributed by atoms with Crippen LogP contribution in [0.25, 0.3) is 11.5 Å². The fraction of sp³-hybridized carbons (Fsp3) is 0.440. The largest absolute Gasteiger partial charge is 0.496 e. The van der Waals surface area contributed by atoms with Crippen LogP contribution in [0.4, 0.5) is 0 Å². The molecule has 2 aromatic carbocycles. The summed E-state index contributed by atoms with van der Waals surface area (Å²) in [6.07, 6.45) is 8.49. The van der Waals surface area contributed by atoms with E-state index in [1.54, 1.807) is 7.11 Å². The average molecular weight is 408 g/mol. The molecular weight excluding hydrogens is 374 g/mol. The molecule has 0 saturated carbocycles. The molecule has 0 atom stereocenters. The maximum absolute atomic E-state index is 5.46. The van der Waals surface area contributed by atoms with Crippen LogP contribution in [-0.2, 0) is 19.5 Å². The zero-order valence-corrected chi connectivity index (χ0v) is 18.2. The highest BCUT2D eigenvalue weighted by atomic mass is 16.5. The van der Waals surface area contributed by atoms with Gasteiger partial charge < -0.3 is 14.6 Å². The lowest BCUT2D eigenvalue weighted by Crippen LogP contribution is -2.13. The second kappa shape index (κ2) is 12.1. The van der Waals surface area contributed by atoms with Gasteiger partial charge in [0.25, 0.3) is 5.89 Å². The summed E-state index contributed by atoms with van der Waals surface area (Å²) in [5.74, 6) is 2.32. The summed E-state index contributed by atoms with van der Waals surface area (Å²) in [5, 5.41) is 7.60. The van der Waals surface area contributed by atoms with Crippen molar-refractivity contribution in [1.82, 2.24) is 15.5 Å². The van der Waals surface area contributed by atoms with Gasteiger partial charge in [-0.15, -0.1) is 0 Å². The number of unbranched alkanes of at least 4 members (excludes halogenated alkanes) is 5. The Hall–Kier alpha value is -2.66. The molecule has 0 aliphatic rings. The van der Waals surface area contributed by atoms with Crippen molar-refractivity contribution in [2.24, 2.45) is 0 Å². The molecule has 0 bridgehead atoms. The predicted octanol–water partition coefficient (Wildman–Crippen LogP) is 5.94. The van der Waals surface area contributed by atoms with Gasteiger partial charge in [-0.05, 0) is 30.2 Å². The first-order chi connectivity index (χ1) is 14.8. The Bertz CT molecular complexity index is 874. The minimum absolute atomic E-state index is 0.601. The topological polar surface area (TPSA) is 60.2 Å². The van der Waals surface area contributed by atoms with Crippen LogP contribution in [0.2, 0.25) is 0 Å². The summed E-state index contributed by atoms with van der Waals surface area (Å²) in [6.45, 7) is 3.79. The molecule has 160 valence electrons. The van der Waals surface area contributed by atoms with E-state index < -0.39 is 0 Å². The highest BCUT2D eigenvalue weighted by molar-refractivity contribution is 5.53. The number of aromatic nitrogens is 2. The zero-order valence-electron chi connectivity index (χ0n) is 18.2. The molecule has 0 spiro atoms. The van der Waals surface area contributed by atoms with Crippen molar-refractivity contribution in [2.75, 3.05) is 7.11 Å². The molecule has 1 aromatic heterocycles. The SMILES string of the molecule is CCCCCCCCc1noc(-c2ccc(CNCc3ccccc3OC)cc2)n1. The van der Waals surface area contributed by atoms with Crippen LogP contribution in [-0.4, -0.2) is 17.3 Å². The molecule has 0 amide bonds. The first kappa shape index (κ1) is 22.0. The van der Waals surface area contributed by atoms with Crippen molar-refractivity contribution in [2.45, 2.75) is 65.0 Å². The van der Waals surface area contributed by atoms with E-state index in [9.17, 15) is 0 Å². The molecule has 5 nitrogen and oxygen atoms in total. The van der Waals surface area contributed by atoms with Crippen molar-refractivity contribution in [3.63, 3.8) is 0 Å². The third kappa shape index (κ3) is 6.70. The number of benzene rings is 2. The normalized spacial score (nSPS) is 11.0. The lowest BCUT2D eigenvalue weighted by molar-refractivity contribution is 0.407. The third-order valence-corrected chi connectivity index (χ3v) is 5.26. The molecule has 3 aromatic rings. The highest BCUT2D eigenvalue weighted by Gasteiger charge is 2.09. The van der Waals surface area contributed by atoms with Gasteiger partial charge in [-0.2, -0.15) is 4.98 Å². The Balaban J connectivity index is 1.44. The number of hydrogen-bond acceptors (Lipinski definition) is 5. The monoisotopic (exact) mass is 407 g/mol. The van der Waals surface area contributed by atoms with Crippen LogP contribution in [0.5, 0.6) is 5.75 Å². The number of methoxy groups -OCH3 is 1. The molecule has 1 N–H and O–H groups in total. The minimum Gasteiger partial charge on any atom is -0.496 e. The number of nitrogens with one attached hydrogen (secondary N) is 1. The van der Waals surface area contributed by atoms with E-state index in [0.29, 0.717) is 5.89 Å². The van der Waals surface area contributed by atoms with E-state index in [0.717, 1.165) is 48.6 Å². The van der Waals surface area contributed by atoms with Crippen LogP contribution in [0, 0.1) is 0 Å². The van der Waals surface area contributed by atoms with Crippen molar-refractivity contribution >= 4 is 0 Å². The van der Waals surface area contributed by atoms with Gasteiger partial charge in [0, 0.05) is 30.6 Å². The first-order valence-electron chi connectivity index (χ1n) is 11.0. The number of para-hydroxylation sites is 1. The van der Waals surface area contributed by atoms with E-state index in [1.807, 2.05) is 30.3 Å². The van der Waals surface area contributed by atoms with Gasteiger partial charge in [0.2, 0.25) is 0 Å². The maximum atomic E-state index is 5.46. The Morgan fingerprint density at radius 2 is 1.67 bits per heavy atom. The molecule has 1 heterocycles. The molecule has 0 radical (unpaired) electrons. The van der Waals surface area contributed by atoms with Crippen molar-refractivity contribution in [3.8, 4) is 17.2 Å². The number of aryl methyl sites for hydroxylation is 1. The molecule has 0 saturated heterocycles. The highest BCUT2D eigenvalue weighted by Crippen LogP contribution is 2.20. The smallest absolute Gasteiger partial charge is 0.257 e. The predicted molar refractivity (Wildman–Crippen MR) is 120 cm³/mol. The Labute approximate surface area is 179 Å². The fourth-order valence-electron chi connectivity index (χ4n) is 3.49. The van der Waals surface area contributed by atoms with Gasteiger partial charge >= 0.3 is 0 Å². The second-order valence-electron chi connectivity index (χ2n) is 7.65. The summed E-state index contributed by atoms with van der Waals surface area (Å²) in [5.41, 5.74) is 3.33. The molecule has 0 fully saturated rings. The lowest BCUT2D eigenvalue weighted by Gasteiger charge is -2.09. The van der Waals surface area contributed by atoms with Gasteiger partial charge in [0.05, 0.1) is 7.11 Å². The Morgan fingerprint density at radius 1 is 0.900 bits per heavy atom. The first-order valence-corrected chi connectivity index (χ1v) is 11.0. The second-order valence-corrected chi connectivity index (χ2v) is 7.65. The van der Waals surface area contributed by atoms with Gasteiger partial charge in [-0.3, -0.25) is 0 Å². The van der Waals surface area contributed by atoms with Crippen LogP contribution in [0.15, 0.2) is 53.1 Å². The minimum atomic E-state index is 0.601. The molecule has 30 heavy (non-hydrogen) atoms. The third-order valence-electron chi connectivity index (χ3n) is 5.26. The van der Waals surface area contributed by atoms with Crippen LogP contribution in [0.1, 0.15) is 62.4 Å². The number of hydrogen-bond donors (Lipinski definition) is 1. The standard InChI is InChI=1S/C25H33N3O2/c1-3-4-5-6-7-8-13-24-27-25(30-28-24)21-16-14-20(15-17-21)18-26-19-22-11-9-10-12-23(22)29-2/h9-12,14-17,26H,3-8,13,18-19H2,1-2H3. The van der Waals surface area contributed by atoms with E-state index in [2.05, 4.69) is 40.6 Å². The van der Waals surface area contributed by atoms with E-state index in [1.165, 1.54) is 37.7 Å². The lowest BCUT2D eigenvalue weighted by atomic mass is 10.1. The van der Waals surface area contributed by atoms with Crippen LogP contribution in [0.3, 0.4) is 0 Å². The summed E-state index contributed by atoms with van der Waals surface area (Å²) >= 11 is 0. The Kier molecular flexibility index (Phi) is 8.91. The molecular formula is C25H33N3O2. The van der Waals surface area contributed by atoms with Crippen LogP contribution < -0.4 is 10.1 Å². The maximum Gasteiger partial charge on any atom is 0.257 e. The van der Waals surface area contributed by atoms with Crippen molar-refractivity contribution in [3.05, 3.63) is 65.5 Å². The number of ether oxygens (including phenoxy) is 1. The summed E-state index contributed by atoms with van der Waals surface area (Å²) in [7, 11) is 1.70. The summed E-state index contributed by atoms with van der Waals surface area (Å²) in [4.78, 5) is 4.56. The molecule has 0 aliphatic carbocycles. The fourth-order valence-corrected chi connectivity index (χ4v) is 3.49. The van der Waals surface area contributed by atoms with Gasteiger partial charge in [0.15, 0.2) is 5.82 Å². The zero-order chi connectivity index (χ0) is 21.0. The van der Waals surface area contributed by atoms with Crippen LogP contribution >= 0.6 is 0 Å². The van der Waals surface area contributed by atoms with Gasteiger partial charge in [-0.1, -0.05) is 74.5 Å². The van der Waals surface area contributed by atoms with Crippen molar-refractivity contribution in [1.29, 1.82) is 0 Å². The van der Waals surface area contributed by atoms with E-state index in [-0.39, 0.29) is 0 Å². The van der Waals surface area contributed by atoms with Crippen molar-refractivity contribution < 1.29 is 9.26 Å².